The van der Waals surface area contributed by atoms with Crippen molar-refractivity contribution in [3.05, 3.63) is 23.6 Å². The largest absolute Gasteiger partial charge is 0.529 e. The summed E-state index contributed by atoms with van der Waals surface area (Å²) in [6, 6.07) is 0. The van der Waals surface area contributed by atoms with Crippen molar-refractivity contribution in [3.63, 3.8) is 0 Å². The van der Waals surface area contributed by atoms with Crippen LogP contribution in [-0.4, -0.2) is 69.0 Å². The van der Waals surface area contributed by atoms with Crippen LogP contribution in [0.4, 0.5) is 0 Å². The lowest BCUT2D eigenvalue weighted by Crippen LogP contribution is -2.46. The van der Waals surface area contributed by atoms with E-state index in [9.17, 15) is 0 Å². The van der Waals surface area contributed by atoms with Crippen LogP contribution in [0, 0.1) is 0 Å². The van der Waals surface area contributed by atoms with Crippen LogP contribution >= 0.6 is 23.2 Å². The van der Waals surface area contributed by atoms with Crippen molar-refractivity contribution in [3.8, 4) is 0 Å². The smallest absolute Gasteiger partial charge is 0.371 e. The third-order valence-electron chi connectivity index (χ3n) is 3.10. The van der Waals surface area contributed by atoms with Crippen LogP contribution in [0.15, 0.2) is 23.6 Å². The molecule has 0 aliphatic heterocycles. The topological polar surface area (TPSA) is 55.4 Å². The SMILES string of the molecule is CCO[Si](/C=C/CCl)(OCC)OCCCO[Si](/C=C/CCl)(OCC)OCC. The molecule has 0 amide bonds. The second kappa shape index (κ2) is 17.1. The van der Waals surface area contributed by atoms with Crippen LogP contribution in [0.2, 0.25) is 0 Å². The molecule has 160 valence electrons. The molecule has 0 aliphatic rings. The zero-order chi connectivity index (χ0) is 20.4. The van der Waals surface area contributed by atoms with Gasteiger partial charge in [-0.1, -0.05) is 12.2 Å². The summed E-state index contributed by atoms with van der Waals surface area (Å²) in [5, 5.41) is 0. The number of halogens is 2. The van der Waals surface area contributed by atoms with E-state index in [-0.39, 0.29) is 0 Å². The van der Waals surface area contributed by atoms with Gasteiger partial charge in [-0.3, -0.25) is 0 Å². The van der Waals surface area contributed by atoms with Crippen molar-refractivity contribution in [1.29, 1.82) is 0 Å². The van der Waals surface area contributed by atoms with Gasteiger partial charge in [-0.25, -0.2) is 0 Å². The van der Waals surface area contributed by atoms with Gasteiger partial charge >= 0.3 is 17.6 Å². The van der Waals surface area contributed by atoms with Gasteiger partial charge in [0.05, 0.1) is 0 Å². The molecule has 0 radical (unpaired) electrons. The van der Waals surface area contributed by atoms with Gasteiger partial charge in [0.2, 0.25) is 0 Å². The average Bonchev–Trinajstić information content (AvgIpc) is 2.65. The second-order valence-electron chi connectivity index (χ2n) is 5.10. The molecule has 0 atom stereocenters. The molecule has 0 bridgehead atoms. The minimum Gasteiger partial charge on any atom is -0.371 e. The summed E-state index contributed by atoms with van der Waals surface area (Å²) in [4.78, 5) is 0. The maximum atomic E-state index is 5.99. The van der Waals surface area contributed by atoms with E-state index in [0.29, 0.717) is 57.8 Å². The molecule has 0 saturated carbocycles. The van der Waals surface area contributed by atoms with E-state index < -0.39 is 17.6 Å². The number of rotatable bonds is 18. The van der Waals surface area contributed by atoms with Crippen molar-refractivity contribution in [2.24, 2.45) is 0 Å². The van der Waals surface area contributed by atoms with Crippen molar-refractivity contribution in [1.82, 2.24) is 0 Å². The fraction of sp³-hybridized carbons (Fsp3) is 0.765. The Morgan fingerprint density at radius 1 is 0.593 bits per heavy atom. The molecule has 0 aromatic carbocycles. The summed E-state index contributed by atoms with van der Waals surface area (Å²) in [5.41, 5.74) is 3.66. The van der Waals surface area contributed by atoms with Gasteiger partial charge in [-0.15, -0.1) is 23.2 Å². The van der Waals surface area contributed by atoms with Crippen molar-refractivity contribution in [2.45, 2.75) is 34.1 Å². The molecule has 0 aromatic heterocycles. The highest BCUT2D eigenvalue weighted by Crippen LogP contribution is 2.15. The molecule has 0 saturated heterocycles. The maximum Gasteiger partial charge on any atom is 0.529 e. The van der Waals surface area contributed by atoms with E-state index in [1.165, 1.54) is 0 Å². The van der Waals surface area contributed by atoms with Gasteiger partial charge in [-0.2, -0.15) is 0 Å². The lowest BCUT2D eigenvalue weighted by atomic mass is 10.5. The van der Waals surface area contributed by atoms with Crippen molar-refractivity contribution in [2.75, 3.05) is 51.4 Å². The molecule has 0 heterocycles. The Kier molecular flexibility index (Phi) is 17.3. The van der Waals surface area contributed by atoms with E-state index >= 15 is 0 Å². The molecular weight excluding hydrogens is 427 g/mol. The van der Waals surface area contributed by atoms with Crippen molar-refractivity contribution >= 4 is 40.8 Å². The Hall–Kier alpha value is 0.254. The van der Waals surface area contributed by atoms with E-state index in [1.54, 1.807) is 12.2 Å². The summed E-state index contributed by atoms with van der Waals surface area (Å²) in [7, 11) is -5.73. The van der Waals surface area contributed by atoms with Gasteiger partial charge in [0.15, 0.2) is 0 Å². The summed E-state index contributed by atoms with van der Waals surface area (Å²) < 4.78 is 35.2. The molecule has 0 spiro atoms. The predicted molar refractivity (Wildman–Crippen MR) is 114 cm³/mol. The van der Waals surface area contributed by atoms with E-state index in [4.69, 9.17) is 49.8 Å². The molecule has 0 rings (SSSR count). The van der Waals surface area contributed by atoms with Gasteiger partial charge in [-0.05, 0) is 45.5 Å². The summed E-state index contributed by atoms with van der Waals surface area (Å²) in [6.45, 7) is 10.5. The highest BCUT2D eigenvalue weighted by atomic mass is 35.5. The van der Waals surface area contributed by atoms with Gasteiger partial charge in [0.25, 0.3) is 0 Å². The first-order chi connectivity index (χ1) is 13.1. The third kappa shape index (κ3) is 11.8. The standard InChI is InChI=1S/C17H34Cl2O6Si2/c1-5-20-26(21-6-2,16-9-12-18)24-14-11-15-25-27(22-7-3,23-8-4)17-10-13-19/h9-10,16-17H,5-8,11-15H2,1-4H3/b16-9+,17-10+. The van der Waals surface area contributed by atoms with Crippen LogP contribution in [0.25, 0.3) is 0 Å². The van der Waals surface area contributed by atoms with Gasteiger partial charge < -0.3 is 26.6 Å². The van der Waals surface area contributed by atoms with Crippen LogP contribution in [0.5, 0.6) is 0 Å². The van der Waals surface area contributed by atoms with E-state index in [0.717, 1.165) is 0 Å². The fourth-order valence-corrected chi connectivity index (χ4v) is 7.04. The normalized spacial score (nSPS) is 13.3. The number of alkyl halides is 2. The zero-order valence-electron chi connectivity index (χ0n) is 16.9. The van der Waals surface area contributed by atoms with Crippen LogP contribution in [-0.2, 0) is 26.6 Å². The maximum absolute atomic E-state index is 5.99. The molecular formula is C17H34Cl2O6Si2. The first-order valence-electron chi connectivity index (χ1n) is 9.38. The Morgan fingerprint density at radius 2 is 0.926 bits per heavy atom. The van der Waals surface area contributed by atoms with E-state index in [2.05, 4.69) is 0 Å². The number of hydrogen-bond donors (Lipinski definition) is 0. The quantitative estimate of drug-likeness (QED) is 0.174. The summed E-state index contributed by atoms with van der Waals surface area (Å²) in [6.07, 6.45) is 4.25. The van der Waals surface area contributed by atoms with Crippen LogP contribution < -0.4 is 0 Å². The molecule has 10 heteroatoms. The molecule has 27 heavy (non-hydrogen) atoms. The summed E-state index contributed by atoms with van der Waals surface area (Å²) in [5.74, 6) is 0.760. The highest BCUT2D eigenvalue weighted by molar-refractivity contribution is 6.66. The Labute approximate surface area is 176 Å². The van der Waals surface area contributed by atoms with Crippen molar-refractivity contribution < 1.29 is 26.6 Å². The predicted octanol–water partition coefficient (Wildman–Crippen LogP) is 4.10. The first-order valence-corrected chi connectivity index (χ1v) is 14.1. The number of allylic oxidation sites excluding steroid dienone is 2. The molecule has 0 aromatic rings. The Morgan fingerprint density at radius 3 is 1.19 bits per heavy atom. The minimum absolute atomic E-state index is 0.380. The average molecular weight is 462 g/mol. The molecule has 0 unspecified atom stereocenters. The first kappa shape index (κ1) is 27.3. The lowest BCUT2D eigenvalue weighted by Gasteiger charge is -2.27. The molecule has 0 N–H and O–H groups in total. The highest BCUT2D eigenvalue weighted by Gasteiger charge is 2.39. The lowest BCUT2D eigenvalue weighted by molar-refractivity contribution is 0.0584. The Balaban J connectivity index is 4.74. The molecule has 0 aliphatic carbocycles. The second-order valence-corrected chi connectivity index (χ2v) is 10.5. The molecule has 6 nitrogen and oxygen atoms in total. The van der Waals surface area contributed by atoms with Crippen LogP contribution in [0.1, 0.15) is 34.1 Å². The van der Waals surface area contributed by atoms with Gasteiger partial charge in [0.1, 0.15) is 0 Å². The minimum atomic E-state index is -2.87. The summed E-state index contributed by atoms with van der Waals surface area (Å²) >= 11 is 11.5. The monoisotopic (exact) mass is 460 g/mol. The van der Waals surface area contributed by atoms with E-state index in [1.807, 2.05) is 39.1 Å². The van der Waals surface area contributed by atoms with Gasteiger partial charge in [0, 0.05) is 51.4 Å². The third-order valence-corrected chi connectivity index (χ3v) is 8.72. The van der Waals surface area contributed by atoms with Crippen LogP contribution in [0.3, 0.4) is 0 Å². The fourth-order valence-electron chi connectivity index (χ4n) is 2.21. The number of hydrogen-bond acceptors (Lipinski definition) is 6. The zero-order valence-corrected chi connectivity index (χ0v) is 20.4. The Bertz CT molecular complexity index is 365. The molecule has 0 fully saturated rings.